The van der Waals surface area contributed by atoms with Gasteiger partial charge in [-0.3, -0.25) is 19.6 Å². The molecule has 1 N–H and O–H groups in total. The fourth-order valence-electron chi connectivity index (χ4n) is 6.40. The lowest BCUT2D eigenvalue weighted by atomic mass is 9.94. The fourth-order valence-corrected chi connectivity index (χ4v) is 6.40. The van der Waals surface area contributed by atoms with Crippen molar-refractivity contribution in [3.63, 3.8) is 0 Å². The van der Waals surface area contributed by atoms with Crippen LogP contribution < -0.4 is 10.2 Å². The number of benzene rings is 4. The number of carbonyl (C=O) groups is 2. The first-order valence-corrected chi connectivity index (χ1v) is 16.4. The first-order chi connectivity index (χ1) is 22.3. The predicted octanol–water partition coefficient (Wildman–Crippen LogP) is 7.74. The number of aliphatic imine (C=N–C) groups is 2. The molecule has 1 atom stereocenters. The third-order valence-corrected chi connectivity index (χ3v) is 9.54. The number of carbonyl (C=O) groups excluding carboxylic acids is 2. The van der Waals surface area contributed by atoms with E-state index in [1.54, 1.807) is 4.90 Å². The molecular formula is C40H40N4O2. The van der Waals surface area contributed by atoms with Crippen LogP contribution in [0, 0.1) is 13.8 Å². The zero-order valence-electron chi connectivity index (χ0n) is 27.0. The van der Waals surface area contributed by atoms with E-state index >= 15 is 0 Å². The minimum Gasteiger partial charge on any atom is -0.324 e. The highest BCUT2D eigenvalue weighted by atomic mass is 16.2. The van der Waals surface area contributed by atoms with Gasteiger partial charge in [-0.05, 0) is 105 Å². The van der Waals surface area contributed by atoms with Crippen molar-refractivity contribution in [1.82, 2.24) is 0 Å². The smallest absolute Gasteiger partial charge is 0.248 e. The molecule has 2 fully saturated rings. The second-order valence-electron chi connectivity index (χ2n) is 13.0. The Kier molecular flexibility index (Phi) is 7.89. The van der Waals surface area contributed by atoms with Crippen LogP contribution in [0.3, 0.4) is 0 Å². The molecule has 0 bridgehead atoms. The zero-order valence-corrected chi connectivity index (χ0v) is 27.0. The number of rotatable bonds is 4. The monoisotopic (exact) mass is 608 g/mol. The number of nitrogens with one attached hydrogen (secondary N) is 1. The molecule has 6 nitrogen and oxygen atoms in total. The number of nitrogens with zero attached hydrogens (tertiary/aromatic N) is 3. The molecule has 4 aliphatic rings. The largest absolute Gasteiger partial charge is 0.324 e. The molecule has 2 aliphatic carbocycles. The Morgan fingerprint density at radius 1 is 0.696 bits per heavy atom. The van der Waals surface area contributed by atoms with Crippen molar-refractivity contribution in [3.05, 3.63) is 129 Å². The lowest BCUT2D eigenvalue weighted by Crippen LogP contribution is -2.27. The molecule has 46 heavy (non-hydrogen) atoms. The summed E-state index contributed by atoms with van der Waals surface area (Å²) in [5, 5.41) is 3.02. The van der Waals surface area contributed by atoms with Gasteiger partial charge in [0.05, 0.1) is 22.8 Å². The van der Waals surface area contributed by atoms with Crippen LogP contribution in [0.1, 0.15) is 89.0 Å². The van der Waals surface area contributed by atoms with Crippen LogP contribution in [0.15, 0.2) is 94.9 Å². The average Bonchev–Trinajstić information content (AvgIpc) is 3.97. The molecule has 232 valence electrons. The highest BCUT2D eigenvalue weighted by molar-refractivity contribution is 6.21. The molecule has 4 aromatic rings. The van der Waals surface area contributed by atoms with E-state index in [1.165, 1.54) is 47.9 Å². The summed E-state index contributed by atoms with van der Waals surface area (Å²) in [6.45, 7) is 6.24. The number of likely N-dealkylation sites (N-methyl/N-ethyl adjacent to an activating group) is 1. The zero-order chi connectivity index (χ0) is 31.9. The van der Waals surface area contributed by atoms with Gasteiger partial charge in [-0.15, -0.1) is 0 Å². The molecule has 8 rings (SSSR count). The van der Waals surface area contributed by atoms with Crippen LogP contribution >= 0.6 is 0 Å². The van der Waals surface area contributed by atoms with Gasteiger partial charge in [0.15, 0.2) is 0 Å². The van der Waals surface area contributed by atoms with Crippen LogP contribution in [-0.4, -0.2) is 42.9 Å². The summed E-state index contributed by atoms with van der Waals surface area (Å²) in [7, 11) is 1.84. The van der Waals surface area contributed by atoms with E-state index in [0.717, 1.165) is 45.1 Å². The first kappa shape index (κ1) is 29.8. The minimum atomic E-state index is -0.388. The summed E-state index contributed by atoms with van der Waals surface area (Å²) in [5.41, 5.74) is 13.1. The molecule has 6 heteroatoms. The van der Waals surface area contributed by atoms with E-state index in [4.69, 9.17) is 4.99 Å². The van der Waals surface area contributed by atoms with Gasteiger partial charge >= 0.3 is 0 Å². The number of fused-ring (bicyclic) bond motifs is 2. The van der Waals surface area contributed by atoms with Crippen molar-refractivity contribution < 1.29 is 9.59 Å². The van der Waals surface area contributed by atoms with E-state index < -0.39 is 0 Å². The Hall–Kier alpha value is -4.84. The molecule has 2 amide bonds. The molecule has 0 unspecified atom stereocenters. The van der Waals surface area contributed by atoms with Gasteiger partial charge < -0.3 is 10.2 Å². The molecule has 2 saturated carbocycles. The molecule has 4 aromatic carbocycles. The Bertz CT molecular complexity index is 1910. The molecular weight excluding hydrogens is 568 g/mol. The van der Waals surface area contributed by atoms with Gasteiger partial charge in [0.2, 0.25) is 11.8 Å². The fraction of sp³-hybridized carbons (Fsp3) is 0.300. The summed E-state index contributed by atoms with van der Waals surface area (Å²) in [4.78, 5) is 35.7. The summed E-state index contributed by atoms with van der Waals surface area (Å²) in [6, 6.07) is 29.0. The Balaban J connectivity index is 0.000000147. The maximum absolute atomic E-state index is 12.3. The van der Waals surface area contributed by atoms with Crippen molar-refractivity contribution in [1.29, 1.82) is 0 Å². The van der Waals surface area contributed by atoms with Gasteiger partial charge in [-0.1, -0.05) is 60.7 Å². The quantitative estimate of drug-likeness (QED) is 0.257. The number of amides is 2. The van der Waals surface area contributed by atoms with Gasteiger partial charge in [0.25, 0.3) is 0 Å². The average molecular weight is 609 g/mol. The third-order valence-electron chi connectivity index (χ3n) is 9.54. The maximum atomic E-state index is 12.3. The summed E-state index contributed by atoms with van der Waals surface area (Å²) in [6.07, 6.45) is 5.06. The third kappa shape index (κ3) is 5.92. The van der Waals surface area contributed by atoms with E-state index in [1.807, 2.05) is 44.3 Å². The molecule has 0 spiro atoms. The summed E-state index contributed by atoms with van der Waals surface area (Å²) < 4.78 is 0. The standard InChI is InChI=1S/2C20H20N2O/c1-13-5-3-4-6-16(13)20-17-11-15(14-7-8-14)9-10-18(17)22(2)19(23)12-21-20;1-12-5-3-4-6-16(12)19-17-11-15(14-7-8-14)9-10-18(17)22-20(23)13(2)21-19/h3-6,9-11,14H,7-8,12H2,1-2H3;3-6,9-11,13-14H,7-8H2,1-2H3,(H,22,23)/t;13-/m.1/s1. The number of anilines is 2. The van der Waals surface area contributed by atoms with Gasteiger partial charge in [-0.25, -0.2) is 0 Å². The molecule has 0 saturated heterocycles. The number of benzodiazepines with no additional fused rings is 2. The minimum absolute atomic E-state index is 0.0361. The normalized spacial score (nSPS) is 19.0. The topological polar surface area (TPSA) is 74.1 Å². The SMILES string of the molecule is Cc1ccccc1C1=NCC(=O)N(C)c2ccc(C3CC3)cc21.Cc1ccccc1C1=N[C@H](C)C(=O)Nc2ccc(C3CC3)cc21. The molecule has 2 aliphatic heterocycles. The van der Waals surface area contributed by atoms with Crippen molar-refractivity contribution >= 4 is 34.6 Å². The highest BCUT2D eigenvalue weighted by Crippen LogP contribution is 2.43. The predicted molar refractivity (Wildman–Crippen MR) is 187 cm³/mol. The van der Waals surface area contributed by atoms with Crippen molar-refractivity contribution in [2.75, 3.05) is 23.8 Å². The maximum Gasteiger partial charge on any atom is 0.248 e. The second-order valence-corrected chi connectivity index (χ2v) is 13.0. The number of hydrogen-bond acceptors (Lipinski definition) is 4. The van der Waals surface area contributed by atoms with E-state index in [2.05, 4.69) is 78.8 Å². The molecule has 2 heterocycles. The summed E-state index contributed by atoms with van der Waals surface area (Å²) >= 11 is 0. The molecule has 0 aromatic heterocycles. The van der Waals surface area contributed by atoms with Crippen LogP contribution in [0.5, 0.6) is 0 Å². The van der Waals surface area contributed by atoms with Crippen molar-refractivity contribution in [2.45, 2.75) is 64.3 Å². The van der Waals surface area contributed by atoms with Gasteiger partial charge in [0.1, 0.15) is 12.6 Å². The van der Waals surface area contributed by atoms with Crippen LogP contribution in [0.25, 0.3) is 0 Å². The van der Waals surface area contributed by atoms with Crippen LogP contribution in [0.2, 0.25) is 0 Å². The second kappa shape index (κ2) is 12.2. The Labute approximate surface area is 271 Å². The highest BCUT2D eigenvalue weighted by Gasteiger charge is 2.29. The number of aryl methyl sites for hydroxylation is 2. The summed E-state index contributed by atoms with van der Waals surface area (Å²) in [5.74, 6) is 1.35. The van der Waals surface area contributed by atoms with E-state index in [9.17, 15) is 9.59 Å². The molecule has 0 radical (unpaired) electrons. The van der Waals surface area contributed by atoms with Gasteiger partial charge in [0, 0.05) is 29.3 Å². The lowest BCUT2D eigenvalue weighted by Gasteiger charge is -2.19. The Morgan fingerprint density at radius 2 is 1.26 bits per heavy atom. The van der Waals surface area contributed by atoms with E-state index in [-0.39, 0.29) is 24.4 Å². The first-order valence-electron chi connectivity index (χ1n) is 16.4. The van der Waals surface area contributed by atoms with Crippen LogP contribution in [0.4, 0.5) is 11.4 Å². The Morgan fingerprint density at radius 3 is 1.87 bits per heavy atom. The van der Waals surface area contributed by atoms with Crippen molar-refractivity contribution in [3.8, 4) is 0 Å². The van der Waals surface area contributed by atoms with Gasteiger partial charge in [-0.2, -0.15) is 0 Å². The van der Waals surface area contributed by atoms with Crippen molar-refractivity contribution in [2.24, 2.45) is 9.98 Å². The van der Waals surface area contributed by atoms with Crippen LogP contribution in [-0.2, 0) is 9.59 Å². The number of hydrogen-bond donors (Lipinski definition) is 1. The lowest BCUT2D eigenvalue weighted by molar-refractivity contribution is -0.117. The van der Waals surface area contributed by atoms with E-state index in [0.29, 0.717) is 11.8 Å².